The van der Waals surface area contributed by atoms with Crippen molar-refractivity contribution < 1.29 is 9.53 Å². The SMILES string of the molecule is CSc1ccc(-c2ccccc2C(=O)C(C)(C)N2CCOCC2)cc1. The minimum absolute atomic E-state index is 0.166. The summed E-state index contributed by atoms with van der Waals surface area (Å²) in [4.78, 5) is 16.8. The summed E-state index contributed by atoms with van der Waals surface area (Å²) in [6.07, 6.45) is 2.07. The highest BCUT2D eigenvalue weighted by Crippen LogP contribution is 2.30. The summed E-state index contributed by atoms with van der Waals surface area (Å²) < 4.78 is 5.44. The summed E-state index contributed by atoms with van der Waals surface area (Å²) in [5.74, 6) is 0.166. The van der Waals surface area contributed by atoms with Gasteiger partial charge in [0, 0.05) is 23.5 Å². The Bertz CT molecular complexity index is 734. The largest absolute Gasteiger partial charge is 0.379 e. The second kappa shape index (κ2) is 7.73. The van der Waals surface area contributed by atoms with E-state index in [2.05, 4.69) is 35.4 Å². The minimum Gasteiger partial charge on any atom is -0.379 e. The van der Waals surface area contributed by atoms with Gasteiger partial charge in [0.2, 0.25) is 0 Å². The van der Waals surface area contributed by atoms with Gasteiger partial charge in [0.05, 0.1) is 18.8 Å². The molecular weight excluding hydrogens is 330 g/mol. The topological polar surface area (TPSA) is 29.5 Å². The molecule has 2 aromatic rings. The molecule has 1 fully saturated rings. The van der Waals surface area contributed by atoms with Gasteiger partial charge >= 0.3 is 0 Å². The molecule has 0 saturated carbocycles. The zero-order valence-corrected chi connectivity index (χ0v) is 15.9. The number of Topliss-reactive ketones (excluding diaryl/α,β-unsaturated/α-hetero) is 1. The van der Waals surface area contributed by atoms with Gasteiger partial charge in [0.15, 0.2) is 5.78 Å². The minimum atomic E-state index is -0.543. The van der Waals surface area contributed by atoms with Crippen LogP contribution in [0.5, 0.6) is 0 Å². The lowest BCUT2D eigenvalue weighted by Crippen LogP contribution is -2.54. The van der Waals surface area contributed by atoms with Crippen LogP contribution in [0.2, 0.25) is 0 Å². The molecule has 4 heteroatoms. The van der Waals surface area contributed by atoms with Crippen LogP contribution in [0, 0.1) is 0 Å². The lowest BCUT2D eigenvalue weighted by molar-refractivity contribution is -0.00427. The molecule has 0 amide bonds. The quantitative estimate of drug-likeness (QED) is 0.588. The first-order chi connectivity index (χ1) is 12.0. The van der Waals surface area contributed by atoms with Crippen LogP contribution in [0.1, 0.15) is 24.2 Å². The fourth-order valence-electron chi connectivity index (χ4n) is 3.30. The fourth-order valence-corrected chi connectivity index (χ4v) is 3.71. The first-order valence-electron chi connectivity index (χ1n) is 8.65. The van der Waals surface area contributed by atoms with Crippen LogP contribution in [0.4, 0.5) is 0 Å². The van der Waals surface area contributed by atoms with Crippen molar-refractivity contribution >= 4 is 17.5 Å². The van der Waals surface area contributed by atoms with Crippen molar-refractivity contribution in [2.75, 3.05) is 32.6 Å². The number of ether oxygens (including phenoxy) is 1. The number of nitrogens with zero attached hydrogens (tertiary/aromatic N) is 1. The molecule has 1 heterocycles. The summed E-state index contributed by atoms with van der Waals surface area (Å²) in [7, 11) is 0. The van der Waals surface area contributed by atoms with Crippen LogP contribution in [0.15, 0.2) is 53.4 Å². The second-order valence-electron chi connectivity index (χ2n) is 6.76. The van der Waals surface area contributed by atoms with Gasteiger partial charge in [-0.1, -0.05) is 36.4 Å². The Kier molecular flexibility index (Phi) is 5.62. The molecule has 1 aliphatic rings. The molecule has 2 aromatic carbocycles. The smallest absolute Gasteiger partial charge is 0.183 e. The van der Waals surface area contributed by atoms with Gasteiger partial charge < -0.3 is 4.74 Å². The van der Waals surface area contributed by atoms with E-state index in [1.807, 2.05) is 38.1 Å². The average Bonchev–Trinajstić information content (AvgIpc) is 2.68. The summed E-state index contributed by atoms with van der Waals surface area (Å²) in [5, 5.41) is 0. The molecule has 1 aliphatic heterocycles. The highest BCUT2D eigenvalue weighted by molar-refractivity contribution is 7.98. The fraction of sp³-hybridized carbons (Fsp3) is 0.381. The van der Waals surface area contributed by atoms with E-state index in [4.69, 9.17) is 4.74 Å². The number of ketones is 1. The maximum absolute atomic E-state index is 13.4. The highest BCUT2D eigenvalue weighted by atomic mass is 32.2. The number of benzene rings is 2. The third-order valence-corrected chi connectivity index (χ3v) is 5.67. The number of hydrogen-bond donors (Lipinski definition) is 0. The molecule has 0 atom stereocenters. The lowest BCUT2D eigenvalue weighted by atomic mass is 9.86. The van der Waals surface area contributed by atoms with Crippen LogP contribution in [0.3, 0.4) is 0 Å². The van der Waals surface area contributed by atoms with Crippen molar-refractivity contribution in [3.05, 3.63) is 54.1 Å². The highest BCUT2D eigenvalue weighted by Gasteiger charge is 2.36. The van der Waals surface area contributed by atoms with Crippen molar-refractivity contribution in [2.45, 2.75) is 24.3 Å². The number of carbonyl (C=O) groups is 1. The van der Waals surface area contributed by atoms with Crippen molar-refractivity contribution in [3.63, 3.8) is 0 Å². The molecule has 0 bridgehead atoms. The maximum Gasteiger partial charge on any atom is 0.183 e. The summed E-state index contributed by atoms with van der Waals surface area (Å²) in [6, 6.07) is 16.3. The van der Waals surface area contributed by atoms with Gasteiger partial charge in [0.25, 0.3) is 0 Å². The Morgan fingerprint density at radius 1 is 1.04 bits per heavy atom. The van der Waals surface area contributed by atoms with Crippen LogP contribution in [-0.2, 0) is 4.74 Å². The number of thioether (sulfide) groups is 1. The summed E-state index contributed by atoms with van der Waals surface area (Å²) in [5.41, 5.74) is 2.33. The van der Waals surface area contributed by atoms with E-state index in [9.17, 15) is 4.79 Å². The van der Waals surface area contributed by atoms with Crippen molar-refractivity contribution in [1.82, 2.24) is 4.90 Å². The van der Waals surface area contributed by atoms with E-state index >= 15 is 0 Å². The van der Waals surface area contributed by atoms with Crippen LogP contribution in [0.25, 0.3) is 11.1 Å². The zero-order valence-electron chi connectivity index (χ0n) is 15.1. The molecule has 132 valence electrons. The monoisotopic (exact) mass is 355 g/mol. The number of carbonyl (C=O) groups excluding carboxylic acids is 1. The van der Waals surface area contributed by atoms with E-state index in [0.29, 0.717) is 13.2 Å². The van der Waals surface area contributed by atoms with E-state index in [-0.39, 0.29) is 5.78 Å². The van der Waals surface area contributed by atoms with E-state index in [0.717, 1.165) is 29.8 Å². The standard InChI is InChI=1S/C21H25NO2S/c1-21(2,22-12-14-24-15-13-22)20(23)19-7-5-4-6-18(19)16-8-10-17(25-3)11-9-16/h4-11H,12-15H2,1-3H3. The Balaban J connectivity index is 1.95. The molecule has 3 nitrogen and oxygen atoms in total. The van der Waals surface area contributed by atoms with E-state index < -0.39 is 5.54 Å². The lowest BCUT2D eigenvalue weighted by Gasteiger charge is -2.39. The van der Waals surface area contributed by atoms with Crippen molar-refractivity contribution in [2.24, 2.45) is 0 Å². The van der Waals surface area contributed by atoms with Crippen LogP contribution in [-0.4, -0.2) is 48.8 Å². The molecule has 0 radical (unpaired) electrons. The summed E-state index contributed by atoms with van der Waals surface area (Å²) in [6.45, 7) is 7.01. The Hall–Kier alpha value is -1.62. The molecule has 0 aromatic heterocycles. The third-order valence-electron chi connectivity index (χ3n) is 4.93. The maximum atomic E-state index is 13.4. The molecule has 0 spiro atoms. The number of hydrogen-bond acceptors (Lipinski definition) is 4. The number of morpholine rings is 1. The Morgan fingerprint density at radius 2 is 1.68 bits per heavy atom. The van der Waals surface area contributed by atoms with E-state index in [1.165, 1.54) is 4.90 Å². The second-order valence-corrected chi connectivity index (χ2v) is 7.64. The number of rotatable bonds is 5. The predicted octanol–water partition coefficient (Wildman–Crippen LogP) is 4.37. The molecule has 3 rings (SSSR count). The van der Waals surface area contributed by atoms with Crippen LogP contribution < -0.4 is 0 Å². The zero-order chi connectivity index (χ0) is 17.9. The third kappa shape index (κ3) is 3.81. The van der Waals surface area contributed by atoms with Gasteiger partial charge in [-0.25, -0.2) is 0 Å². The first kappa shape index (κ1) is 18.2. The molecule has 0 N–H and O–H groups in total. The van der Waals surface area contributed by atoms with Gasteiger partial charge in [-0.05, 0) is 43.4 Å². The van der Waals surface area contributed by atoms with Crippen molar-refractivity contribution in [3.8, 4) is 11.1 Å². The Morgan fingerprint density at radius 3 is 2.32 bits per heavy atom. The van der Waals surface area contributed by atoms with Gasteiger partial charge in [-0.2, -0.15) is 0 Å². The molecule has 1 saturated heterocycles. The predicted molar refractivity (Wildman–Crippen MR) is 104 cm³/mol. The van der Waals surface area contributed by atoms with Gasteiger partial charge in [-0.15, -0.1) is 11.8 Å². The molecule has 0 unspecified atom stereocenters. The van der Waals surface area contributed by atoms with Gasteiger partial charge in [0.1, 0.15) is 0 Å². The van der Waals surface area contributed by atoms with Gasteiger partial charge in [-0.3, -0.25) is 9.69 Å². The van der Waals surface area contributed by atoms with Crippen molar-refractivity contribution in [1.29, 1.82) is 0 Å². The normalized spacial score (nSPS) is 16.0. The Labute approximate surface area is 154 Å². The summed E-state index contributed by atoms with van der Waals surface area (Å²) >= 11 is 1.72. The molecule has 0 aliphatic carbocycles. The molecular formula is C21H25NO2S. The first-order valence-corrected chi connectivity index (χ1v) is 9.87. The van der Waals surface area contributed by atoms with Crippen LogP contribution >= 0.6 is 11.8 Å². The average molecular weight is 356 g/mol. The van der Waals surface area contributed by atoms with E-state index in [1.54, 1.807) is 11.8 Å². The molecule has 25 heavy (non-hydrogen) atoms.